The Balaban J connectivity index is 1.82. The summed E-state index contributed by atoms with van der Waals surface area (Å²) >= 11 is 3.41. The zero-order valence-electron chi connectivity index (χ0n) is 11.1. The van der Waals surface area contributed by atoms with Gasteiger partial charge in [-0.25, -0.2) is 0 Å². The summed E-state index contributed by atoms with van der Waals surface area (Å²) in [5.41, 5.74) is 1.12. The summed E-state index contributed by atoms with van der Waals surface area (Å²) in [6.07, 6.45) is 0. The molecule has 1 atom stereocenters. The van der Waals surface area contributed by atoms with Crippen LogP contribution < -0.4 is 10.2 Å². The number of hydrogen-bond acceptors (Lipinski definition) is 2. The van der Waals surface area contributed by atoms with Crippen molar-refractivity contribution in [2.24, 2.45) is 0 Å². The molecule has 1 amide bonds. The molecular weight excluding hydrogens is 308 g/mol. The van der Waals surface area contributed by atoms with Gasteiger partial charge < -0.3 is 15.0 Å². The fourth-order valence-corrected chi connectivity index (χ4v) is 2.46. The zero-order valence-corrected chi connectivity index (χ0v) is 12.7. The van der Waals surface area contributed by atoms with E-state index in [1.165, 1.54) is 4.90 Å². The molecule has 1 aliphatic rings. The van der Waals surface area contributed by atoms with Gasteiger partial charge in [0.2, 0.25) is 0 Å². The molecule has 2 rings (SSSR count). The summed E-state index contributed by atoms with van der Waals surface area (Å²) < 4.78 is 6.33. The fourth-order valence-electron chi connectivity index (χ4n) is 2.19. The lowest BCUT2D eigenvalue weighted by Gasteiger charge is -2.24. The number of amides is 1. The molecule has 5 heteroatoms. The highest BCUT2D eigenvalue weighted by molar-refractivity contribution is 9.10. The van der Waals surface area contributed by atoms with E-state index in [0.29, 0.717) is 6.54 Å². The second-order valence-electron chi connectivity index (χ2n) is 4.88. The van der Waals surface area contributed by atoms with Crippen LogP contribution in [0.15, 0.2) is 28.7 Å². The van der Waals surface area contributed by atoms with Crippen LogP contribution in [0.25, 0.3) is 0 Å². The summed E-state index contributed by atoms with van der Waals surface area (Å²) in [7, 11) is 0. The molecule has 1 aromatic rings. The van der Waals surface area contributed by atoms with E-state index in [4.69, 9.17) is 4.74 Å². The predicted molar refractivity (Wildman–Crippen MR) is 77.1 cm³/mol. The van der Waals surface area contributed by atoms with Crippen molar-refractivity contribution in [2.45, 2.75) is 13.0 Å². The topological polar surface area (TPSA) is 42.8 Å². The maximum Gasteiger partial charge on any atom is 0.275 e. The lowest BCUT2D eigenvalue weighted by atomic mass is 10.1. The SMILES string of the molecule is C[C@@H](NC(=O)C[NH+]1CCOCC1)c1ccc(Br)cc1. The van der Waals surface area contributed by atoms with Gasteiger partial charge in [-0.1, -0.05) is 28.1 Å². The number of quaternary nitrogens is 1. The van der Waals surface area contributed by atoms with Gasteiger partial charge in [0.1, 0.15) is 13.1 Å². The first-order valence-electron chi connectivity index (χ1n) is 6.61. The number of rotatable bonds is 4. The smallest absolute Gasteiger partial charge is 0.275 e. The Kier molecular flexibility index (Phi) is 5.36. The molecule has 1 heterocycles. The summed E-state index contributed by atoms with van der Waals surface area (Å²) in [5, 5.41) is 3.05. The Hall–Kier alpha value is -0.910. The summed E-state index contributed by atoms with van der Waals surface area (Å²) in [6.45, 7) is 5.88. The second-order valence-corrected chi connectivity index (χ2v) is 5.80. The van der Waals surface area contributed by atoms with Gasteiger partial charge in [-0.3, -0.25) is 4.79 Å². The Morgan fingerprint density at radius 2 is 2.00 bits per heavy atom. The van der Waals surface area contributed by atoms with Crippen molar-refractivity contribution in [1.29, 1.82) is 0 Å². The first-order chi connectivity index (χ1) is 9.15. The van der Waals surface area contributed by atoms with E-state index in [-0.39, 0.29) is 11.9 Å². The van der Waals surface area contributed by atoms with Crippen molar-refractivity contribution < 1.29 is 14.4 Å². The van der Waals surface area contributed by atoms with E-state index in [1.54, 1.807) is 0 Å². The van der Waals surface area contributed by atoms with Crippen molar-refractivity contribution in [1.82, 2.24) is 5.32 Å². The van der Waals surface area contributed by atoms with E-state index in [0.717, 1.165) is 36.3 Å². The molecule has 0 aliphatic carbocycles. The van der Waals surface area contributed by atoms with Crippen molar-refractivity contribution in [2.75, 3.05) is 32.8 Å². The Morgan fingerprint density at radius 1 is 1.37 bits per heavy atom. The van der Waals surface area contributed by atoms with E-state index in [9.17, 15) is 4.79 Å². The lowest BCUT2D eigenvalue weighted by molar-refractivity contribution is -0.900. The molecule has 4 nitrogen and oxygen atoms in total. The van der Waals surface area contributed by atoms with Gasteiger partial charge in [-0.2, -0.15) is 0 Å². The van der Waals surface area contributed by atoms with E-state index in [2.05, 4.69) is 21.2 Å². The van der Waals surface area contributed by atoms with Gasteiger partial charge >= 0.3 is 0 Å². The van der Waals surface area contributed by atoms with Crippen LogP contribution in [-0.4, -0.2) is 38.8 Å². The largest absolute Gasteiger partial charge is 0.370 e. The van der Waals surface area contributed by atoms with Gasteiger partial charge in [0, 0.05) is 4.47 Å². The average Bonchev–Trinajstić information content (AvgIpc) is 2.40. The van der Waals surface area contributed by atoms with E-state index in [1.807, 2.05) is 31.2 Å². The van der Waals surface area contributed by atoms with E-state index < -0.39 is 0 Å². The molecular formula is C14H20BrN2O2+. The van der Waals surface area contributed by atoms with Gasteiger partial charge in [-0.05, 0) is 24.6 Å². The molecule has 1 fully saturated rings. The minimum Gasteiger partial charge on any atom is -0.370 e. The molecule has 0 radical (unpaired) electrons. The van der Waals surface area contributed by atoms with Crippen molar-refractivity contribution in [3.63, 3.8) is 0 Å². The number of ether oxygens (including phenoxy) is 1. The molecule has 0 aromatic heterocycles. The maximum absolute atomic E-state index is 12.0. The number of carbonyl (C=O) groups is 1. The highest BCUT2D eigenvalue weighted by Gasteiger charge is 2.18. The monoisotopic (exact) mass is 327 g/mol. The van der Waals surface area contributed by atoms with Gasteiger partial charge in [0.15, 0.2) is 6.54 Å². The quantitative estimate of drug-likeness (QED) is 0.847. The lowest BCUT2D eigenvalue weighted by Crippen LogP contribution is -3.15. The molecule has 0 spiro atoms. The van der Waals surface area contributed by atoms with Crippen LogP contribution in [0, 0.1) is 0 Å². The van der Waals surface area contributed by atoms with Gasteiger partial charge in [0.05, 0.1) is 19.3 Å². The van der Waals surface area contributed by atoms with Gasteiger partial charge in [-0.15, -0.1) is 0 Å². The Bertz CT molecular complexity index is 416. The first kappa shape index (κ1) is 14.5. The van der Waals surface area contributed by atoms with Crippen LogP contribution in [0.4, 0.5) is 0 Å². The van der Waals surface area contributed by atoms with Crippen LogP contribution in [0.3, 0.4) is 0 Å². The minimum atomic E-state index is 0.0426. The van der Waals surface area contributed by atoms with E-state index >= 15 is 0 Å². The number of halogens is 1. The van der Waals surface area contributed by atoms with Crippen LogP contribution >= 0.6 is 15.9 Å². The average molecular weight is 328 g/mol. The molecule has 1 saturated heterocycles. The Morgan fingerprint density at radius 3 is 2.63 bits per heavy atom. The van der Waals surface area contributed by atoms with Gasteiger partial charge in [0.25, 0.3) is 5.91 Å². The normalized spacial score (nSPS) is 18.0. The Labute approximate surface area is 122 Å². The summed E-state index contributed by atoms with van der Waals surface area (Å²) in [6, 6.07) is 8.07. The fraction of sp³-hybridized carbons (Fsp3) is 0.500. The number of hydrogen-bond donors (Lipinski definition) is 2. The summed E-state index contributed by atoms with van der Waals surface area (Å²) in [5.74, 6) is 0.104. The molecule has 19 heavy (non-hydrogen) atoms. The standard InChI is InChI=1S/C14H19BrN2O2/c1-11(12-2-4-13(15)5-3-12)16-14(18)10-17-6-8-19-9-7-17/h2-5,11H,6-10H2,1H3,(H,16,18)/p+1/t11-/m1/s1. The molecule has 2 N–H and O–H groups in total. The van der Waals surface area contributed by atoms with Crippen molar-refractivity contribution in [3.8, 4) is 0 Å². The second kappa shape index (κ2) is 7.03. The number of benzene rings is 1. The molecule has 0 saturated carbocycles. The zero-order chi connectivity index (χ0) is 13.7. The number of carbonyl (C=O) groups excluding carboxylic acids is 1. The summed E-state index contributed by atoms with van der Waals surface area (Å²) in [4.78, 5) is 13.3. The number of morpholine rings is 1. The third-order valence-corrected chi connectivity index (χ3v) is 3.89. The maximum atomic E-state index is 12.0. The highest BCUT2D eigenvalue weighted by Crippen LogP contribution is 2.16. The van der Waals surface area contributed by atoms with Crippen LogP contribution in [0.2, 0.25) is 0 Å². The highest BCUT2D eigenvalue weighted by atomic mass is 79.9. The molecule has 104 valence electrons. The van der Waals surface area contributed by atoms with Crippen molar-refractivity contribution in [3.05, 3.63) is 34.3 Å². The van der Waals surface area contributed by atoms with Crippen LogP contribution in [-0.2, 0) is 9.53 Å². The van der Waals surface area contributed by atoms with Crippen LogP contribution in [0.1, 0.15) is 18.5 Å². The molecule has 0 bridgehead atoms. The number of nitrogens with one attached hydrogen (secondary N) is 2. The minimum absolute atomic E-state index is 0.0426. The third-order valence-electron chi connectivity index (χ3n) is 3.36. The molecule has 1 aromatic carbocycles. The third kappa shape index (κ3) is 4.60. The molecule has 1 aliphatic heterocycles. The van der Waals surface area contributed by atoms with Crippen molar-refractivity contribution >= 4 is 21.8 Å². The first-order valence-corrected chi connectivity index (χ1v) is 7.40. The predicted octanol–water partition coefficient (Wildman–Crippen LogP) is 0.541. The molecule has 0 unspecified atom stereocenters. The van der Waals surface area contributed by atoms with Crippen LogP contribution in [0.5, 0.6) is 0 Å².